The van der Waals surface area contributed by atoms with E-state index in [4.69, 9.17) is 9.26 Å². The molecule has 1 N–H and O–H groups in total. The Bertz CT molecular complexity index is 579. The van der Waals surface area contributed by atoms with Crippen LogP contribution in [-0.4, -0.2) is 29.8 Å². The van der Waals surface area contributed by atoms with E-state index in [0.717, 1.165) is 6.54 Å². The summed E-state index contributed by atoms with van der Waals surface area (Å²) in [5, 5.41) is 7.06. The topological polar surface area (TPSA) is 60.2 Å². The predicted octanol–water partition coefficient (Wildman–Crippen LogP) is 1.85. The second-order valence-electron chi connectivity index (χ2n) is 4.48. The van der Waals surface area contributed by atoms with Gasteiger partial charge in [-0.05, 0) is 18.6 Å². The molecule has 2 heterocycles. The summed E-state index contributed by atoms with van der Waals surface area (Å²) in [6.45, 7) is 3.79. The molecule has 19 heavy (non-hydrogen) atoms. The van der Waals surface area contributed by atoms with Crippen LogP contribution >= 0.6 is 0 Å². The molecule has 1 aliphatic rings. The third kappa shape index (κ3) is 2.50. The van der Waals surface area contributed by atoms with Gasteiger partial charge < -0.3 is 14.6 Å². The Kier molecular flexibility index (Phi) is 3.27. The van der Waals surface area contributed by atoms with E-state index in [0.29, 0.717) is 36.0 Å². The molecule has 1 saturated heterocycles. The minimum absolute atomic E-state index is 0.231. The Morgan fingerprint density at radius 1 is 1.42 bits per heavy atom. The first-order chi connectivity index (χ1) is 9.24. The summed E-state index contributed by atoms with van der Waals surface area (Å²) < 4.78 is 24.2. The zero-order valence-electron chi connectivity index (χ0n) is 10.5. The van der Waals surface area contributed by atoms with Crippen LogP contribution in [0, 0.1) is 12.7 Å². The lowest BCUT2D eigenvalue weighted by Gasteiger charge is -2.19. The van der Waals surface area contributed by atoms with E-state index in [-0.39, 0.29) is 11.9 Å². The van der Waals surface area contributed by atoms with Crippen LogP contribution < -0.4 is 5.32 Å². The molecule has 1 aromatic heterocycles. The molecule has 0 aliphatic carbocycles. The fourth-order valence-electron chi connectivity index (χ4n) is 1.94. The average molecular weight is 263 g/mol. The van der Waals surface area contributed by atoms with Crippen molar-refractivity contribution in [2.45, 2.75) is 13.0 Å². The Morgan fingerprint density at radius 3 is 3.05 bits per heavy atom. The van der Waals surface area contributed by atoms with Crippen molar-refractivity contribution in [3.8, 4) is 11.4 Å². The Hall–Kier alpha value is -1.79. The minimum Gasteiger partial charge on any atom is -0.366 e. The standard InChI is InChI=1S/C13H14FN3O2/c1-8-2-3-9(6-10(8)14)12-16-13(19-17-12)11-7-15-4-5-18-11/h2-3,6,11,15H,4-5,7H2,1H3. The third-order valence-electron chi connectivity index (χ3n) is 3.07. The third-order valence-corrected chi connectivity index (χ3v) is 3.07. The van der Waals surface area contributed by atoms with Gasteiger partial charge in [-0.3, -0.25) is 0 Å². The highest BCUT2D eigenvalue weighted by atomic mass is 19.1. The highest BCUT2D eigenvalue weighted by Crippen LogP contribution is 2.22. The molecule has 5 nitrogen and oxygen atoms in total. The molecule has 1 atom stereocenters. The van der Waals surface area contributed by atoms with Crippen molar-refractivity contribution in [1.29, 1.82) is 0 Å². The van der Waals surface area contributed by atoms with Crippen LogP contribution in [0.15, 0.2) is 22.7 Å². The van der Waals surface area contributed by atoms with Crippen molar-refractivity contribution in [3.63, 3.8) is 0 Å². The number of aryl methyl sites for hydroxylation is 1. The van der Waals surface area contributed by atoms with Gasteiger partial charge in [0.1, 0.15) is 11.9 Å². The largest absolute Gasteiger partial charge is 0.366 e. The first kappa shape index (κ1) is 12.3. The summed E-state index contributed by atoms with van der Waals surface area (Å²) in [5.41, 5.74) is 1.19. The van der Waals surface area contributed by atoms with Gasteiger partial charge in [-0.2, -0.15) is 4.98 Å². The number of ether oxygens (including phenoxy) is 1. The summed E-state index contributed by atoms with van der Waals surface area (Å²) in [6, 6.07) is 4.87. The second kappa shape index (κ2) is 5.07. The number of aromatic nitrogens is 2. The van der Waals surface area contributed by atoms with Crippen LogP contribution in [0.2, 0.25) is 0 Å². The predicted molar refractivity (Wildman–Crippen MR) is 66.0 cm³/mol. The number of nitrogens with one attached hydrogen (secondary N) is 1. The molecule has 100 valence electrons. The van der Waals surface area contributed by atoms with Crippen LogP contribution in [0.25, 0.3) is 11.4 Å². The van der Waals surface area contributed by atoms with Crippen LogP contribution in [0.1, 0.15) is 17.6 Å². The molecule has 2 aromatic rings. The molecule has 1 fully saturated rings. The van der Waals surface area contributed by atoms with Gasteiger partial charge in [0, 0.05) is 18.7 Å². The molecule has 3 rings (SSSR count). The maximum atomic E-state index is 13.5. The van der Waals surface area contributed by atoms with E-state index in [9.17, 15) is 4.39 Å². The zero-order valence-corrected chi connectivity index (χ0v) is 10.5. The first-order valence-corrected chi connectivity index (χ1v) is 6.16. The van der Waals surface area contributed by atoms with E-state index in [1.807, 2.05) is 0 Å². The van der Waals surface area contributed by atoms with Crippen molar-refractivity contribution in [2.24, 2.45) is 0 Å². The van der Waals surface area contributed by atoms with Crippen LogP contribution in [0.3, 0.4) is 0 Å². The van der Waals surface area contributed by atoms with Gasteiger partial charge in [0.25, 0.3) is 5.89 Å². The van der Waals surface area contributed by atoms with E-state index >= 15 is 0 Å². The molecule has 1 unspecified atom stereocenters. The molecule has 6 heteroatoms. The van der Waals surface area contributed by atoms with Crippen molar-refractivity contribution in [1.82, 2.24) is 15.5 Å². The van der Waals surface area contributed by atoms with Crippen LogP contribution in [0.5, 0.6) is 0 Å². The summed E-state index contributed by atoms with van der Waals surface area (Å²) in [4.78, 5) is 4.27. The van der Waals surface area contributed by atoms with Gasteiger partial charge in [0.15, 0.2) is 0 Å². The number of halogens is 1. The minimum atomic E-state index is -0.278. The number of hydrogen-bond donors (Lipinski definition) is 1. The van der Waals surface area contributed by atoms with Gasteiger partial charge in [-0.1, -0.05) is 17.3 Å². The van der Waals surface area contributed by atoms with Crippen molar-refractivity contribution in [3.05, 3.63) is 35.5 Å². The van der Waals surface area contributed by atoms with Crippen LogP contribution in [-0.2, 0) is 4.74 Å². The van der Waals surface area contributed by atoms with Crippen molar-refractivity contribution in [2.75, 3.05) is 19.7 Å². The van der Waals surface area contributed by atoms with Gasteiger partial charge in [0.2, 0.25) is 5.82 Å². The summed E-state index contributed by atoms with van der Waals surface area (Å²) in [6.07, 6.45) is -0.231. The molecular weight excluding hydrogens is 249 g/mol. The van der Waals surface area contributed by atoms with Gasteiger partial charge in [-0.15, -0.1) is 0 Å². The lowest BCUT2D eigenvalue weighted by Crippen LogP contribution is -2.33. The van der Waals surface area contributed by atoms with Crippen molar-refractivity contribution >= 4 is 0 Å². The van der Waals surface area contributed by atoms with Gasteiger partial charge in [-0.25, -0.2) is 4.39 Å². The second-order valence-corrected chi connectivity index (χ2v) is 4.48. The fourth-order valence-corrected chi connectivity index (χ4v) is 1.94. The highest BCUT2D eigenvalue weighted by molar-refractivity contribution is 5.54. The lowest BCUT2D eigenvalue weighted by molar-refractivity contribution is 0.00755. The molecular formula is C13H14FN3O2. The smallest absolute Gasteiger partial charge is 0.257 e. The maximum Gasteiger partial charge on any atom is 0.257 e. The van der Waals surface area contributed by atoms with Gasteiger partial charge >= 0.3 is 0 Å². The van der Waals surface area contributed by atoms with E-state index < -0.39 is 0 Å². The monoisotopic (exact) mass is 263 g/mol. The van der Waals surface area contributed by atoms with Gasteiger partial charge in [0.05, 0.1) is 6.61 Å². The molecule has 0 saturated carbocycles. The normalized spacial score (nSPS) is 19.6. The summed E-state index contributed by atoms with van der Waals surface area (Å²) in [5.74, 6) is 0.519. The highest BCUT2D eigenvalue weighted by Gasteiger charge is 2.22. The Balaban J connectivity index is 1.85. The van der Waals surface area contributed by atoms with E-state index in [1.165, 1.54) is 6.07 Å². The Morgan fingerprint density at radius 2 is 2.32 bits per heavy atom. The molecule has 0 spiro atoms. The molecule has 1 aliphatic heterocycles. The van der Waals surface area contributed by atoms with E-state index in [1.54, 1.807) is 19.1 Å². The summed E-state index contributed by atoms with van der Waals surface area (Å²) >= 11 is 0. The average Bonchev–Trinajstić information content (AvgIpc) is 2.93. The summed E-state index contributed by atoms with van der Waals surface area (Å²) in [7, 11) is 0. The Labute approximate surface area is 109 Å². The SMILES string of the molecule is Cc1ccc(-c2noc(C3CNCCO3)n2)cc1F. The first-order valence-electron chi connectivity index (χ1n) is 6.16. The van der Waals surface area contributed by atoms with Crippen LogP contribution in [0.4, 0.5) is 4.39 Å². The molecule has 0 amide bonds. The number of morpholine rings is 1. The molecule has 0 bridgehead atoms. The van der Waals surface area contributed by atoms with Crippen molar-refractivity contribution < 1.29 is 13.7 Å². The van der Waals surface area contributed by atoms with E-state index in [2.05, 4.69) is 15.5 Å². The molecule has 0 radical (unpaired) electrons. The zero-order chi connectivity index (χ0) is 13.2. The fraction of sp³-hybridized carbons (Fsp3) is 0.385. The molecule has 1 aromatic carbocycles. The number of rotatable bonds is 2. The number of hydrogen-bond acceptors (Lipinski definition) is 5. The maximum absolute atomic E-state index is 13.5. The number of nitrogens with zero attached hydrogens (tertiary/aromatic N) is 2. The number of benzene rings is 1. The lowest BCUT2D eigenvalue weighted by atomic mass is 10.1. The quantitative estimate of drug-likeness (QED) is 0.896.